The maximum atomic E-state index is 5.21. The lowest BCUT2D eigenvalue weighted by Crippen LogP contribution is -2.33. The molecule has 0 atom stereocenters. The molecule has 5 aromatic rings. The first kappa shape index (κ1) is 34.5. The third kappa shape index (κ3) is 7.22. The van der Waals surface area contributed by atoms with Crippen LogP contribution < -0.4 is 9.80 Å². The molecule has 0 fully saturated rings. The molecule has 0 radical (unpaired) electrons. The summed E-state index contributed by atoms with van der Waals surface area (Å²) >= 11 is 0. The molecule has 54 heavy (non-hydrogen) atoms. The average Bonchev–Trinajstić information content (AvgIpc) is 3.40. The molecule has 0 saturated heterocycles. The third-order valence-corrected chi connectivity index (χ3v) is 10.3. The van der Waals surface area contributed by atoms with Gasteiger partial charge in [-0.05, 0) is 109 Å². The van der Waals surface area contributed by atoms with Crippen LogP contribution in [0.2, 0.25) is 0 Å². The second kappa shape index (κ2) is 16.0. The standard InChI is InChI=1S/C49H43N5/c1-50-44-21-11-14-24-49(44)54-35-53(47-22-12-9-19-42(47)43-20-10-13-23-48(43)54)41-31-25-36(26-32-41)34-52-46(39-17-7-4-8-18-39)33-45(51-2)40-29-27-38(28-30-40)37-15-5-3-6-16-37/h3-7,10-17,20-33H,1-2,8-9,18-19,34-35H2/b45-33-,52-46?. The van der Waals surface area contributed by atoms with Gasteiger partial charge < -0.3 is 9.80 Å². The van der Waals surface area contributed by atoms with Gasteiger partial charge in [0.15, 0.2) is 0 Å². The first-order valence-corrected chi connectivity index (χ1v) is 18.6. The predicted molar refractivity (Wildman–Crippen MR) is 230 cm³/mol. The van der Waals surface area contributed by atoms with Gasteiger partial charge in [0.2, 0.25) is 0 Å². The Balaban J connectivity index is 1.10. The van der Waals surface area contributed by atoms with E-state index < -0.39 is 0 Å². The van der Waals surface area contributed by atoms with Crippen LogP contribution in [0.3, 0.4) is 0 Å². The van der Waals surface area contributed by atoms with E-state index in [2.05, 4.69) is 179 Å². The van der Waals surface area contributed by atoms with Gasteiger partial charge >= 0.3 is 0 Å². The molecule has 5 heteroatoms. The number of hydrogen-bond donors (Lipinski definition) is 0. The predicted octanol–water partition coefficient (Wildman–Crippen LogP) is 12.3. The molecular formula is C49H43N5. The van der Waals surface area contributed by atoms with Crippen LogP contribution in [-0.4, -0.2) is 25.8 Å². The summed E-state index contributed by atoms with van der Waals surface area (Å²) in [7, 11) is 0. The van der Waals surface area contributed by atoms with Crippen molar-refractivity contribution in [2.45, 2.75) is 32.2 Å². The fraction of sp³-hybridized carbons (Fsp3) is 0.122. The summed E-state index contributed by atoms with van der Waals surface area (Å²) in [4.78, 5) is 18.9. The minimum Gasteiger partial charge on any atom is -0.323 e. The number of fused-ring (bicyclic) bond motifs is 2. The molecule has 0 N–H and O–H groups in total. The van der Waals surface area contributed by atoms with E-state index in [1.807, 2.05) is 18.2 Å². The van der Waals surface area contributed by atoms with Crippen LogP contribution >= 0.6 is 0 Å². The summed E-state index contributed by atoms with van der Waals surface area (Å²) in [6.07, 6.45) is 17.1. The topological polar surface area (TPSA) is 43.6 Å². The first-order chi connectivity index (χ1) is 26.7. The van der Waals surface area contributed by atoms with Crippen LogP contribution in [-0.2, 0) is 6.54 Å². The fourth-order valence-corrected chi connectivity index (χ4v) is 7.52. The van der Waals surface area contributed by atoms with Crippen molar-refractivity contribution in [2.24, 2.45) is 15.0 Å². The van der Waals surface area contributed by atoms with Gasteiger partial charge in [-0.25, -0.2) is 0 Å². The SMILES string of the molecule is C=N/C(=C\C(=NCc1ccc(N2CN(c3ccccc3N=C)c3ccccc3C3=C2C=CCC3)cc1)C1=CC=CCC1)c1ccc(-c2ccccc2)cc1. The van der Waals surface area contributed by atoms with Crippen molar-refractivity contribution in [3.05, 3.63) is 192 Å². The zero-order chi connectivity index (χ0) is 36.7. The molecule has 0 bridgehead atoms. The molecule has 5 nitrogen and oxygen atoms in total. The van der Waals surface area contributed by atoms with Crippen molar-refractivity contribution in [3.8, 4) is 11.1 Å². The Morgan fingerprint density at radius 1 is 0.685 bits per heavy atom. The lowest BCUT2D eigenvalue weighted by Gasteiger charge is -2.33. The molecule has 264 valence electrons. The van der Waals surface area contributed by atoms with Crippen LogP contribution in [0.1, 0.15) is 42.4 Å². The number of anilines is 3. The van der Waals surface area contributed by atoms with Gasteiger partial charge in [0.25, 0.3) is 0 Å². The highest BCUT2D eigenvalue weighted by molar-refractivity contribution is 6.12. The van der Waals surface area contributed by atoms with Gasteiger partial charge in [0.1, 0.15) is 6.67 Å². The largest absolute Gasteiger partial charge is 0.323 e. The maximum absolute atomic E-state index is 5.21. The Morgan fingerprint density at radius 2 is 1.41 bits per heavy atom. The number of benzene rings is 5. The van der Waals surface area contributed by atoms with Gasteiger partial charge in [-0.3, -0.25) is 15.0 Å². The van der Waals surface area contributed by atoms with Gasteiger partial charge in [0, 0.05) is 22.5 Å². The minimum atomic E-state index is 0.550. The number of hydrogen-bond acceptors (Lipinski definition) is 5. The summed E-state index contributed by atoms with van der Waals surface area (Å²) < 4.78 is 0. The minimum absolute atomic E-state index is 0.550. The molecule has 1 heterocycles. The van der Waals surface area contributed by atoms with Crippen molar-refractivity contribution < 1.29 is 0 Å². The quantitative estimate of drug-likeness (QED) is 0.136. The molecule has 3 aliphatic rings. The Morgan fingerprint density at radius 3 is 2.17 bits per heavy atom. The monoisotopic (exact) mass is 701 g/mol. The van der Waals surface area contributed by atoms with Crippen molar-refractivity contribution in [3.63, 3.8) is 0 Å². The average molecular weight is 702 g/mol. The van der Waals surface area contributed by atoms with E-state index in [0.717, 1.165) is 65.3 Å². The van der Waals surface area contributed by atoms with Gasteiger partial charge in [0.05, 0.1) is 35.0 Å². The molecular weight excluding hydrogens is 659 g/mol. The normalized spacial score (nSPS) is 15.7. The van der Waals surface area contributed by atoms with Crippen LogP contribution in [0, 0.1) is 0 Å². The number of nitrogens with zero attached hydrogens (tertiary/aromatic N) is 5. The number of rotatable bonds is 10. The van der Waals surface area contributed by atoms with E-state index >= 15 is 0 Å². The molecule has 0 amide bonds. The van der Waals surface area contributed by atoms with Crippen LogP contribution in [0.15, 0.2) is 190 Å². The van der Waals surface area contributed by atoms with E-state index in [9.17, 15) is 0 Å². The van der Waals surface area contributed by atoms with Crippen LogP contribution in [0.5, 0.6) is 0 Å². The summed E-state index contributed by atoms with van der Waals surface area (Å²) in [6, 6.07) is 44.8. The fourth-order valence-electron chi connectivity index (χ4n) is 7.52. The van der Waals surface area contributed by atoms with Gasteiger partial charge in [-0.1, -0.05) is 121 Å². The van der Waals surface area contributed by atoms with Gasteiger partial charge in [-0.2, -0.15) is 0 Å². The highest BCUT2D eigenvalue weighted by Crippen LogP contribution is 2.45. The zero-order valence-electron chi connectivity index (χ0n) is 30.5. The second-order valence-electron chi connectivity index (χ2n) is 13.6. The van der Waals surface area contributed by atoms with Crippen molar-refractivity contribution in [2.75, 3.05) is 16.5 Å². The van der Waals surface area contributed by atoms with Crippen LogP contribution in [0.25, 0.3) is 22.4 Å². The Hall–Kier alpha value is -6.59. The summed E-state index contributed by atoms with van der Waals surface area (Å²) in [5.41, 5.74) is 15.5. The highest BCUT2D eigenvalue weighted by Gasteiger charge is 2.29. The lowest BCUT2D eigenvalue weighted by atomic mass is 9.93. The maximum Gasteiger partial charge on any atom is 0.100 e. The van der Waals surface area contributed by atoms with Crippen molar-refractivity contribution in [1.29, 1.82) is 0 Å². The molecule has 1 aliphatic heterocycles. The zero-order valence-corrected chi connectivity index (χ0v) is 30.5. The van der Waals surface area contributed by atoms with Crippen LogP contribution in [0.4, 0.5) is 22.7 Å². The number of allylic oxidation sites excluding steroid dienone is 8. The van der Waals surface area contributed by atoms with E-state index in [-0.39, 0.29) is 0 Å². The number of aliphatic imine (C=N–C) groups is 3. The smallest absolute Gasteiger partial charge is 0.100 e. The first-order valence-electron chi connectivity index (χ1n) is 18.6. The summed E-state index contributed by atoms with van der Waals surface area (Å²) in [6.45, 7) is 9.01. The van der Waals surface area contributed by atoms with Crippen molar-refractivity contribution in [1.82, 2.24) is 0 Å². The molecule has 0 saturated carbocycles. The molecule has 8 rings (SSSR count). The van der Waals surface area contributed by atoms with E-state index in [1.54, 1.807) is 0 Å². The molecule has 5 aromatic carbocycles. The Kier molecular flexibility index (Phi) is 10.2. The molecule has 0 aromatic heterocycles. The Bertz CT molecular complexity index is 2360. The summed E-state index contributed by atoms with van der Waals surface area (Å²) in [5.74, 6) is 0. The van der Waals surface area contributed by atoms with E-state index in [1.165, 1.54) is 39.2 Å². The lowest BCUT2D eigenvalue weighted by molar-refractivity contribution is 0.896. The molecule has 0 spiro atoms. The Labute approximate surface area is 318 Å². The summed E-state index contributed by atoms with van der Waals surface area (Å²) in [5, 5.41) is 0. The molecule has 0 unspecified atom stereocenters. The highest BCUT2D eigenvalue weighted by atomic mass is 15.3. The van der Waals surface area contributed by atoms with Crippen molar-refractivity contribution >= 4 is 53.2 Å². The van der Waals surface area contributed by atoms with E-state index in [0.29, 0.717) is 13.2 Å². The second-order valence-corrected chi connectivity index (χ2v) is 13.6. The van der Waals surface area contributed by atoms with E-state index in [4.69, 9.17) is 4.99 Å². The van der Waals surface area contributed by atoms with Gasteiger partial charge in [-0.15, -0.1) is 0 Å². The third-order valence-electron chi connectivity index (χ3n) is 10.3. The number of para-hydroxylation sites is 3. The molecule has 2 aliphatic carbocycles.